The number of H-pyrrole nitrogens is 1. The number of nitrogens with one attached hydrogen (secondary N) is 1. The van der Waals surface area contributed by atoms with Crippen molar-refractivity contribution in [2.24, 2.45) is 0 Å². The average Bonchev–Trinajstić information content (AvgIpc) is 2.92. The van der Waals surface area contributed by atoms with Gasteiger partial charge in [0.25, 0.3) is 5.56 Å². The van der Waals surface area contributed by atoms with Crippen LogP contribution in [0.1, 0.15) is 17.2 Å². The SMILES string of the molecule is CS(=O)(=O)c1ccc(Cn2cc([C@@H]3O[C@H](CO)[C@@H](O)[C@H]3O)c(=O)[nH]c2=O)cc1. The topological polar surface area (TPSA) is 159 Å². The van der Waals surface area contributed by atoms with E-state index in [1.165, 1.54) is 22.9 Å². The van der Waals surface area contributed by atoms with Crippen LogP contribution in [0.25, 0.3) is 0 Å². The Labute approximate surface area is 159 Å². The average molecular weight is 412 g/mol. The lowest BCUT2D eigenvalue weighted by Gasteiger charge is -2.15. The molecule has 0 radical (unpaired) electrons. The van der Waals surface area contributed by atoms with Crippen LogP contribution in [0.4, 0.5) is 0 Å². The first-order valence-electron chi connectivity index (χ1n) is 8.37. The molecule has 152 valence electrons. The van der Waals surface area contributed by atoms with E-state index in [-0.39, 0.29) is 17.0 Å². The largest absolute Gasteiger partial charge is 0.394 e. The molecular weight excluding hydrogens is 392 g/mol. The number of hydrogen-bond acceptors (Lipinski definition) is 8. The third kappa shape index (κ3) is 3.93. The molecule has 1 saturated heterocycles. The molecule has 2 heterocycles. The Morgan fingerprint density at radius 3 is 2.32 bits per heavy atom. The summed E-state index contributed by atoms with van der Waals surface area (Å²) in [4.78, 5) is 26.6. The van der Waals surface area contributed by atoms with Gasteiger partial charge in [-0.05, 0) is 17.7 Å². The van der Waals surface area contributed by atoms with Gasteiger partial charge < -0.3 is 20.1 Å². The molecule has 1 aliphatic heterocycles. The summed E-state index contributed by atoms with van der Waals surface area (Å²) < 4.78 is 29.6. The monoisotopic (exact) mass is 412 g/mol. The van der Waals surface area contributed by atoms with Crippen LogP contribution in [0.15, 0.2) is 44.9 Å². The molecule has 4 atom stereocenters. The number of aromatic amines is 1. The van der Waals surface area contributed by atoms with Crippen molar-refractivity contribution in [2.75, 3.05) is 12.9 Å². The summed E-state index contributed by atoms with van der Waals surface area (Å²) in [5.74, 6) is 0. The second kappa shape index (κ2) is 7.60. The van der Waals surface area contributed by atoms with Crippen molar-refractivity contribution in [3.63, 3.8) is 0 Å². The highest BCUT2D eigenvalue weighted by Crippen LogP contribution is 2.31. The van der Waals surface area contributed by atoms with Crippen LogP contribution in [-0.4, -0.2) is 64.5 Å². The van der Waals surface area contributed by atoms with Gasteiger partial charge >= 0.3 is 5.69 Å². The maximum atomic E-state index is 12.2. The van der Waals surface area contributed by atoms with Gasteiger partial charge in [0.1, 0.15) is 24.4 Å². The Hall–Kier alpha value is -2.31. The van der Waals surface area contributed by atoms with E-state index in [2.05, 4.69) is 4.98 Å². The molecule has 0 spiro atoms. The molecule has 1 aromatic carbocycles. The molecular formula is C17H20N2O8S. The second-order valence-electron chi connectivity index (χ2n) is 6.65. The number of aliphatic hydroxyl groups excluding tert-OH is 3. The predicted molar refractivity (Wildman–Crippen MR) is 96.7 cm³/mol. The van der Waals surface area contributed by atoms with Gasteiger partial charge in [-0.15, -0.1) is 0 Å². The summed E-state index contributed by atoms with van der Waals surface area (Å²) in [6.07, 6.45) is -2.79. The highest BCUT2D eigenvalue weighted by Gasteiger charge is 2.44. The highest BCUT2D eigenvalue weighted by atomic mass is 32.2. The molecule has 0 bridgehead atoms. The third-order valence-corrected chi connectivity index (χ3v) is 5.72. The fourth-order valence-corrected chi connectivity index (χ4v) is 3.67. The number of aromatic nitrogens is 2. The Bertz CT molecular complexity index is 1070. The third-order valence-electron chi connectivity index (χ3n) is 4.59. The lowest BCUT2D eigenvalue weighted by molar-refractivity contribution is -0.0233. The van der Waals surface area contributed by atoms with Gasteiger partial charge in [0.15, 0.2) is 9.84 Å². The molecule has 3 rings (SSSR count). The van der Waals surface area contributed by atoms with E-state index in [9.17, 15) is 33.3 Å². The van der Waals surface area contributed by atoms with Crippen LogP contribution >= 0.6 is 0 Å². The number of aliphatic hydroxyl groups is 3. The van der Waals surface area contributed by atoms with Crippen molar-refractivity contribution in [3.05, 3.63) is 62.4 Å². The number of rotatable bonds is 5. The number of ether oxygens (including phenoxy) is 1. The molecule has 2 aromatic rings. The summed E-state index contributed by atoms with van der Waals surface area (Å²) in [6.45, 7) is -0.513. The van der Waals surface area contributed by atoms with Crippen molar-refractivity contribution < 1.29 is 28.5 Å². The summed E-state index contributed by atoms with van der Waals surface area (Å²) in [7, 11) is -3.35. The van der Waals surface area contributed by atoms with Crippen LogP contribution < -0.4 is 11.2 Å². The van der Waals surface area contributed by atoms with Gasteiger partial charge in [-0.3, -0.25) is 14.3 Å². The molecule has 10 nitrogen and oxygen atoms in total. The van der Waals surface area contributed by atoms with Gasteiger partial charge in [0, 0.05) is 12.5 Å². The normalized spacial score (nSPS) is 25.1. The van der Waals surface area contributed by atoms with Crippen LogP contribution in [0, 0.1) is 0 Å². The molecule has 1 aliphatic rings. The van der Waals surface area contributed by atoms with E-state index in [1.807, 2.05) is 0 Å². The first-order chi connectivity index (χ1) is 13.1. The number of benzene rings is 1. The fraction of sp³-hybridized carbons (Fsp3) is 0.412. The molecule has 28 heavy (non-hydrogen) atoms. The van der Waals surface area contributed by atoms with Crippen molar-refractivity contribution in [2.45, 2.75) is 35.9 Å². The van der Waals surface area contributed by atoms with Crippen LogP contribution in [0.3, 0.4) is 0 Å². The smallest absolute Gasteiger partial charge is 0.328 e. The Morgan fingerprint density at radius 2 is 1.79 bits per heavy atom. The number of sulfone groups is 1. The summed E-state index contributed by atoms with van der Waals surface area (Å²) in [6, 6.07) is 5.91. The van der Waals surface area contributed by atoms with E-state index in [1.54, 1.807) is 12.1 Å². The number of nitrogens with zero attached hydrogens (tertiary/aromatic N) is 1. The van der Waals surface area contributed by atoms with Gasteiger partial charge in [-0.1, -0.05) is 12.1 Å². The van der Waals surface area contributed by atoms with Crippen molar-refractivity contribution in [3.8, 4) is 0 Å². The molecule has 11 heteroatoms. The molecule has 4 N–H and O–H groups in total. The molecule has 0 aliphatic carbocycles. The zero-order valence-corrected chi connectivity index (χ0v) is 15.7. The fourth-order valence-electron chi connectivity index (χ4n) is 3.04. The minimum absolute atomic E-state index is 0.0292. The van der Waals surface area contributed by atoms with Gasteiger partial charge in [0.2, 0.25) is 0 Å². The quantitative estimate of drug-likeness (QED) is 0.445. The van der Waals surface area contributed by atoms with E-state index < -0.39 is 52.1 Å². The standard InChI is InChI=1S/C17H20N2O8S/c1-28(25,26)10-4-2-9(3-5-10)6-19-7-11(16(23)18-17(19)24)15-14(22)13(21)12(8-20)27-15/h2-5,7,12-15,20-22H,6,8H2,1H3,(H,18,23,24)/t12-,13-,14-,15+/m1/s1. The van der Waals surface area contributed by atoms with Crippen molar-refractivity contribution in [1.29, 1.82) is 0 Å². The second-order valence-corrected chi connectivity index (χ2v) is 8.66. The first-order valence-corrected chi connectivity index (χ1v) is 10.3. The molecule has 0 amide bonds. The Balaban J connectivity index is 1.92. The summed E-state index contributed by atoms with van der Waals surface area (Å²) in [5.41, 5.74) is -0.945. The maximum Gasteiger partial charge on any atom is 0.328 e. The Morgan fingerprint density at radius 1 is 1.14 bits per heavy atom. The molecule has 0 saturated carbocycles. The zero-order valence-electron chi connectivity index (χ0n) is 14.8. The van der Waals surface area contributed by atoms with E-state index >= 15 is 0 Å². The maximum absolute atomic E-state index is 12.2. The summed E-state index contributed by atoms with van der Waals surface area (Å²) >= 11 is 0. The van der Waals surface area contributed by atoms with Crippen LogP contribution in [0.5, 0.6) is 0 Å². The molecule has 1 fully saturated rings. The van der Waals surface area contributed by atoms with Crippen molar-refractivity contribution >= 4 is 9.84 Å². The minimum atomic E-state index is -3.35. The van der Waals surface area contributed by atoms with Crippen molar-refractivity contribution in [1.82, 2.24) is 9.55 Å². The summed E-state index contributed by atoms with van der Waals surface area (Å²) in [5, 5.41) is 29.2. The predicted octanol–water partition coefficient (Wildman–Crippen LogP) is -1.86. The van der Waals surface area contributed by atoms with Gasteiger partial charge in [-0.2, -0.15) is 0 Å². The van der Waals surface area contributed by atoms with E-state index in [0.717, 1.165) is 6.26 Å². The minimum Gasteiger partial charge on any atom is -0.394 e. The lowest BCUT2D eigenvalue weighted by atomic mass is 10.0. The van der Waals surface area contributed by atoms with Crippen LogP contribution in [-0.2, 0) is 21.1 Å². The molecule has 0 unspecified atom stereocenters. The lowest BCUT2D eigenvalue weighted by Crippen LogP contribution is -2.36. The Kier molecular flexibility index (Phi) is 5.55. The number of hydrogen-bond donors (Lipinski definition) is 4. The highest BCUT2D eigenvalue weighted by molar-refractivity contribution is 7.90. The van der Waals surface area contributed by atoms with E-state index in [0.29, 0.717) is 5.56 Å². The molecule has 1 aromatic heterocycles. The van der Waals surface area contributed by atoms with Gasteiger partial charge in [-0.25, -0.2) is 13.2 Å². The van der Waals surface area contributed by atoms with E-state index in [4.69, 9.17) is 4.74 Å². The zero-order chi connectivity index (χ0) is 20.6. The van der Waals surface area contributed by atoms with Crippen LogP contribution in [0.2, 0.25) is 0 Å². The van der Waals surface area contributed by atoms with Gasteiger partial charge in [0.05, 0.1) is 23.6 Å². The first kappa shape index (κ1) is 20.4.